The van der Waals surface area contributed by atoms with Gasteiger partial charge in [0.15, 0.2) is 0 Å². The number of ether oxygens (including phenoxy) is 1. The maximum Gasteiger partial charge on any atom is 0.321 e. The van der Waals surface area contributed by atoms with Crippen molar-refractivity contribution < 1.29 is 14.3 Å². The maximum absolute atomic E-state index is 12.9. The zero-order chi connectivity index (χ0) is 17.7. The third-order valence-corrected chi connectivity index (χ3v) is 5.28. The van der Waals surface area contributed by atoms with E-state index in [9.17, 15) is 9.59 Å². The Morgan fingerprint density at radius 3 is 2.36 bits per heavy atom. The topological polar surface area (TPSA) is 61.9 Å². The fraction of sp³-hybridized carbons (Fsp3) is 0.579. The zero-order valence-electron chi connectivity index (χ0n) is 14.9. The third-order valence-electron chi connectivity index (χ3n) is 5.28. The van der Waals surface area contributed by atoms with Crippen LogP contribution in [-0.2, 0) is 9.53 Å². The molecule has 0 unspecified atom stereocenters. The van der Waals surface area contributed by atoms with Crippen LogP contribution in [0, 0.1) is 5.41 Å². The number of anilines is 1. The van der Waals surface area contributed by atoms with Crippen LogP contribution in [0.4, 0.5) is 10.5 Å². The first-order valence-electron chi connectivity index (χ1n) is 9.04. The molecule has 0 atom stereocenters. The number of para-hydroxylation sites is 1. The van der Waals surface area contributed by atoms with Gasteiger partial charge in [0.05, 0.1) is 12.0 Å². The molecule has 0 spiro atoms. The Labute approximate surface area is 149 Å². The molecule has 0 bridgehead atoms. The summed E-state index contributed by atoms with van der Waals surface area (Å²) >= 11 is 0. The lowest BCUT2D eigenvalue weighted by Crippen LogP contribution is -2.51. The van der Waals surface area contributed by atoms with Crippen LogP contribution in [0.15, 0.2) is 30.3 Å². The number of methoxy groups -OCH3 is 1. The normalized spacial score (nSPS) is 19.7. The Morgan fingerprint density at radius 2 is 1.72 bits per heavy atom. The van der Waals surface area contributed by atoms with Crippen LogP contribution in [-0.4, -0.2) is 61.6 Å². The molecule has 2 aliphatic rings. The number of hydrogen-bond donors (Lipinski definition) is 1. The lowest BCUT2D eigenvalue weighted by Gasteiger charge is -2.42. The molecule has 136 valence electrons. The van der Waals surface area contributed by atoms with Crippen molar-refractivity contribution in [3.8, 4) is 0 Å². The minimum absolute atomic E-state index is 0.101. The van der Waals surface area contributed by atoms with Gasteiger partial charge in [0.2, 0.25) is 5.91 Å². The van der Waals surface area contributed by atoms with Crippen molar-refractivity contribution in [3.05, 3.63) is 30.3 Å². The average Bonchev–Trinajstić information content (AvgIpc) is 2.84. The van der Waals surface area contributed by atoms with Crippen molar-refractivity contribution >= 4 is 17.6 Å². The van der Waals surface area contributed by atoms with Gasteiger partial charge >= 0.3 is 6.03 Å². The minimum Gasteiger partial charge on any atom is -0.384 e. The van der Waals surface area contributed by atoms with Gasteiger partial charge in [-0.3, -0.25) is 4.79 Å². The monoisotopic (exact) mass is 345 g/mol. The second kappa shape index (κ2) is 7.87. The van der Waals surface area contributed by atoms with Gasteiger partial charge < -0.3 is 19.9 Å². The van der Waals surface area contributed by atoms with Crippen LogP contribution in [0.25, 0.3) is 0 Å². The second-order valence-corrected chi connectivity index (χ2v) is 7.00. The Morgan fingerprint density at radius 1 is 1.04 bits per heavy atom. The SMILES string of the molecule is COCC1(C(=O)N2CCCN(C(=O)Nc3ccccc3)CC2)CCC1. The smallest absolute Gasteiger partial charge is 0.321 e. The molecule has 6 nitrogen and oxygen atoms in total. The summed E-state index contributed by atoms with van der Waals surface area (Å²) in [6.45, 7) is 3.03. The number of carbonyl (C=O) groups is 2. The summed E-state index contributed by atoms with van der Waals surface area (Å²) in [5, 5.41) is 2.92. The Balaban J connectivity index is 1.57. The molecule has 3 rings (SSSR count). The molecule has 3 amide bonds. The van der Waals surface area contributed by atoms with Gasteiger partial charge in [-0.15, -0.1) is 0 Å². The molecule has 1 heterocycles. The first-order chi connectivity index (χ1) is 12.1. The summed E-state index contributed by atoms with van der Waals surface area (Å²) in [5.41, 5.74) is 0.467. The van der Waals surface area contributed by atoms with Crippen LogP contribution >= 0.6 is 0 Å². The standard InChI is InChI=1S/C19H27N3O3/c1-25-15-19(9-5-10-19)17(23)21-11-6-12-22(14-13-21)18(24)20-16-7-3-2-4-8-16/h2-4,7-8H,5-6,9-15H2,1H3,(H,20,24). The summed E-state index contributed by atoms with van der Waals surface area (Å²) in [4.78, 5) is 29.1. The van der Waals surface area contributed by atoms with Crippen molar-refractivity contribution in [1.29, 1.82) is 0 Å². The molecule has 6 heteroatoms. The number of rotatable bonds is 4. The third kappa shape index (κ3) is 3.95. The lowest BCUT2D eigenvalue weighted by molar-refractivity contribution is -0.152. The highest BCUT2D eigenvalue weighted by atomic mass is 16.5. The molecule has 1 aliphatic heterocycles. The summed E-state index contributed by atoms with van der Waals surface area (Å²) in [5.74, 6) is 0.200. The van der Waals surface area contributed by atoms with Gasteiger partial charge in [0, 0.05) is 39.0 Å². The van der Waals surface area contributed by atoms with Crippen LogP contribution in [0.5, 0.6) is 0 Å². The minimum atomic E-state index is -0.323. The van der Waals surface area contributed by atoms with E-state index in [2.05, 4.69) is 5.32 Å². The summed E-state index contributed by atoms with van der Waals surface area (Å²) in [6.07, 6.45) is 3.72. The quantitative estimate of drug-likeness (QED) is 0.912. The highest BCUT2D eigenvalue weighted by molar-refractivity contribution is 5.89. The first-order valence-corrected chi connectivity index (χ1v) is 9.04. The molecule has 1 aromatic carbocycles. The van der Waals surface area contributed by atoms with Gasteiger partial charge in [0.25, 0.3) is 0 Å². The summed E-state index contributed by atoms with van der Waals surface area (Å²) < 4.78 is 5.30. The number of amides is 3. The molecule has 1 N–H and O–H groups in total. The van der Waals surface area contributed by atoms with Crippen molar-refractivity contribution in [1.82, 2.24) is 9.80 Å². The molecule has 0 radical (unpaired) electrons. The molecule has 1 saturated carbocycles. The van der Waals surface area contributed by atoms with Gasteiger partial charge in [-0.1, -0.05) is 24.6 Å². The van der Waals surface area contributed by atoms with E-state index >= 15 is 0 Å². The second-order valence-electron chi connectivity index (χ2n) is 7.00. The van der Waals surface area contributed by atoms with Crippen molar-refractivity contribution in [3.63, 3.8) is 0 Å². The van der Waals surface area contributed by atoms with E-state index in [4.69, 9.17) is 4.74 Å². The predicted octanol–water partition coefficient (Wildman–Crippen LogP) is 2.57. The summed E-state index contributed by atoms with van der Waals surface area (Å²) in [7, 11) is 1.66. The maximum atomic E-state index is 12.9. The fourth-order valence-corrected chi connectivity index (χ4v) is 3.68. The average molecular weight is 345 g/mol. The number of carbonyl (C=O) groups excluding carboxylic acids is 2. The zero-order valence-corrected chi connectivity index (χ0v) is 14.9. The molecule has 1 aliphatic carbocycles. The predicted molar refractivity (Wildman–Crippen MR) is 96.4 cm³/mol. The highest BCUT2D eigenvalue weighted by Gasteiger charge is 2.46. The first kappa shape index (κ1) is 17.7. The molecule has 1 saturated heterocycles. The Bertz CT molecular complexity index is 601. The van der Waals surface area contributed by atoms with E-state index in [1.54, 1.807) is 12.0 Å². The molecular formula is C19H27N3O3. The highest BCUT2D eigenvalue weighted by Crippen LogP contribution is 2.42. The summed E-state index contributed by atoms with van der Waals surface area (Å²) in [6, 6.07) is 9.35. The fourth-order valence-electron chi connectivity index (χ4n) is 3.68. The van der Waals surface area contributed by atoms with E-state index in [1.165, 1.54) is 0 Å². The number of urea groups is 1. The van der Waals surface area contributed by atoms with E-state index in [0.29, 0.717) is 32.8 Å². The molecule has 25 heavy (non-hydrogen) atoms. The number of nitrogens with zero attached hydrogens (tertiary/aromatic N) is 2. The lowest BCUT2D eigenvalue weighted by atomic mass is 9.68. The molecule has 2 fully saturated rings. The van der Waals surface area contributed by atoms with Gasteiger partial charge in [0.1, 0.15) is 0 Å². The number of nitrogens with one attached hydrogen (secondary N) is 1. The molecular weight excluding hydrogens is 318 g/mol. The Kier molecular flexibility index (Phi) is 5.58. The van der Waals surface area contributed by atoms with Gasteiger partial charge in [-0.25, -0.2) is 4.79 Å². The Hall–Kier alpha value is -2.08. The van der Waals surface area contributed by atoms with E-state index < -0.39 is 0 Å². The van der Waals surface area contributed by atoms with E-state index in [1.807, 2.05) is 35.2 Å². The molecule has 1 aromatic rings. The number of hydrogen-bond acceptors (Lipinski definition) is 3. The van der Waals surface area contributed by atoms with Crippen LogP contribution in [0.2, 0.25) is 0 Å². The largest absolute Gasteiger partial charge is 0.384 e. The van der Waals surface area contributed by atoms with E-state index in [0.717, 1.165) is 31.4 Å². The van der Waals surface area contributed by atoms with Crippen LogP contribution in [0.1, 0.15) is 25.7 Å². The van der Waals surface area contributed by atoms with Crippen molar-refractivity contribution in [2.24, 2.45) is 5.41 Å². The van der Waals surface area contributed by atoms with Crippen molar-refractivity contribution in [2.75, 3.05) is 45.2 Å². The van der Waals surface area contributed by atoms with Crippen LogP contribution in [0.3, 0.4) is 0 Å². The van der Waals surface area contributed by atoms with Crippen LogP contribution < -0.4 is 5.32 Å². The van der Waals surface area contributed by atoms with Gasteiger partial charge in [-0.05, 0) is 31.4 Å². The van der Waals surface area contributed by atoms with E-state index in [-0.39, 0.29) is 17.4 Å². The molecule has 0 aromatic heterocycles. The van der Waals surface area contributed by atoms with Gasteiger partial charge in [-0.2, -0.15) is 0 Å². The number of benzene rings is 1. The van der Waals surface area contributed by atoms with Crippen molar-refractivity contribution in [2.45, 2.75) is 25.7 Å².